The summed E-state index contributed by atoms with van der Waals surface area (Å²) in [4.78, 5) is 22.6. The monoisotopic (exact) mass is 337 g/mol. The Labute approximate surface area is 143 Å². The molecule has 126 valence electrons. The van der Waals surface area contributed by atoms with E-state index in [0.29, 0.717) is 23.7 Å². The number of amides is 1. The predicted octanol–water partition coefficient (Wildman–Crippen LogP) is 1.66. The molecular formula is C17H15N5O3. The lowest BCUT2D eigenvalue weighted by atomic mass is 10.1. The van der Waals surface area contributed by atoms with E-state index in [0.717, 1.165) is 11.3 Å². The van der Waals surface area contributed by atoms with Gasteiger partial charge in [0.25, 0.3) is 5.91 Å². The molecule has 0 radical (unpaired) electrons. The third-order valence-electron chi connectivity index (χ3n) is 3.86. The van der Waals surface area contributed by atoms with Gasteiger partial charge in [0.2, 0.25) is 6.79 Å². The van der Waals surface area contributed by atoms with Crippen LogP contribution < -0.4 is 9.47 Å². The largest absolute Gasteiger partial charge is 0.454 e. The van der Waals surface area contributed by atoms with Crippen LogP contribution in [0.4, 0.5) is 0 Å². The van der Waals surface area contributed by atoms with Gasteiger partial charge in [-0.15, -0.1) is 0 Å². The summed E-state index contributed by atoms with van der Waals surface area (Å²) in [6.45, 7) is 0.658. The summed E-state index contributed by atoms with van der Waals surface area (Å²) in [6.07, 6.45) is 4.53. The minimum absolute atomic E-state index is 0.156. The van der Waals surface area contributed by atoms with E-state index in [1.165, 1.54) is 17.3 Å². The van der Waals surface area contributed by atoms with E-state index in [9.17, 15) is 4.79 Å². The summed E-state index contributed by atoms with van der Waals surface area (Å²) < 4.78 is 12.2. The quantitative estimate of drug-likeness (QED) is 0.720. The Kier molecular flexibility index (Phi) is 3.77. The van der Waals surface area contributed by atoms with Gasteiger partial charge in [0.1, 0.15) is 12.7 Å². The maximum Gasteiger partial charge on any atom is 0.257 e. The molecule has 0 fully saturated rings. The van der Waals surface area contributed by atoms with Crippen molar-refractivity contribution in [3.63, 3.8) is 0 Å². The maximum absolute atomic E-state index is 12.9. The first-order chi connectivity index (χ1) is 12.2. The fourth-order valence-corrected chi connectivity index (χ4v) is 2.65. The second-order valence-electron chi connectivity index (χ2n) is 5.56. The Morgan fingerprint density at radius 2 is 2.16 bits per heavy atom. The highest BCUT2D eigenvalue weighted by molar-refractivity contribution is 5.96. The summed E-state index contributed by atoms with van der Waals surface area (Å²) >= 11 is 0. The van der Waals surface area contributed by atoms with Crippen LogP contribution in [-0.4, -0.2) is 44.4 Å². The van der Waals surface area contributed by atoms with Gasteiger partial charge in [0, 0.05) is 19.8 Å². The third-order valence-corrected chi connectivity index (χ3v) is 3.86. The van der Waals surface area contributed by atoms with Crippen molar-refractivity contribution < 1.29 is 14.3 Å². The Morgan fingerprint density at radius 3 is 3.00 bits per heavy atom. The lowest BCUT2D eigenvalue weighted by Gasteiger charge is -2.18. The van der Waals surface area contributed by atoms with E-state index >= 15 is 0 Å². The minimum Gasteiger partial charge on any atom is -0.454 e. The van der Waals surface area contributed by atoms with E-state index in [2.05, 4.69) is 15.1 Å². The molecule has 25 heavy (non-hydrogen) atoms. The molecule has 0 N–H and O–H groups in total. The highest BCUT2D eigenvalue weighted by Gasteiger charge is 2.19. The minimum atomic E-state index is -0.156. The molecule has 1 aliphatic heterocycles. The van der Waals surface area contributed by atoms with Crippen molar-refractivity contribution in [2.75, 3.05) is 13.8 Å². The second-order valence-corrected chi connectivity index (χ2v) is 5.56. The number of benzene rings is 1. The van der Waals surface area contributed by atoms with Gasteiger partial charge in [-0.05, 0) is 29.8 Å². The normalized spacial score (nSPS) is 12.2. The van der Waals surface area contributed by atoms with Gasteiger partial charge in [-0.1, -0.05) is 6.07 Å². The average Bonchev–Trinajstić information content (AvgIpc) is 3.32. The Bertz CT molecular complexity index is 910. The first-order valence-electron chi connectivity index (χ1n) is 7.66. The van der Waals surface area contributed by atoms with Crippen molar-refractivity contribution in [1.82, 2.24) is 24.6 Å². The molecule has 3 aromatic rings. The number of nitrogens with zero attached hydrogens (tertiary/aromatic N) is 5. The summed E-state index contributed by atoms with van der Waals surface area (Å²) in [6, 6.07) is 9.10. The molecule has 1 aliphatic rings. The molecule has 0 bridgehead atoms. The van der Waals surface area contributed by atoms with E-state index in [1.807, 2.05) is 18.2 Å². The SMILES string of the molecule is CN(Cc1ccc2c(c1)OCO2)C(=O)c1cccnc1-n1cncn1. The molecule has 8 nitrogen and oxygen atoms in total. The van der Waals surface area contributed by atoms with Crippen molar-refractivity contribution in [3.05, 3.63) is 60.3 Å². The molecule has 0 unspecified atom stereocenters. The molecule has 3 heterocycles. The summed E-state index contributed by atoms with van der Waals surface area (Å²) in [5, 5.41) is 4.05. The topological polar surface area (TPSA) is 82.4 Å². The highest BCUT2D eigenvalue weighted by atomic mass is 16.7. The van der Waals surface area contributed by atoms with E-state index in [4.69, 9.17) is 9.47 Å². The molecule has 1 amide bonds. The number of fused-ring (bicyclic) bond motifs is 1. The van der Waals surface area contributed by atoms with Crippen molar-refractivity contribution in [3.8, 4) is 17.3 Å². The van der Waals surface area contributed by atoms with E-state index in [-0.39, 0.29) is 12.7 Å². The van der Waals surface area contributed by atoms with Crippen LogP contribution in [0.25, 0.3) is 5.82 Å². The number of hydrogen-bond acceptors (Lipinski definition) is 6. The Balaban J connectivity index is 1.57. The predicted molar refractivity (Wildman–Crippen MR) is 87.5 cm³/mol. The zero-order valence-electron chi connectivity index (χ0n) is 13.5. The summed E-state index contributed by atoms with van der Waals surface area (Å²) in [7, 11) is 1.74. The maximum atomic E-state index is 12.9. The first kappa shape index (κ1) is 15.1. The van der Waals surface area contributed by atoms with Crippen LogP contribution in [0.3, 0.4) is 0 Å². The van der Waals surface area contributed by atoms with Gasteiger partial charge >= 0.3 is 0 Å². The second kappa shape index (κ2) is 6.23. The Hall–Kier alpha value is -3.42. The molecule has 0 saturated heterocycles. The lowest BCUT2D eigenvalue weighted by molar-refractivity contribution is 0.0784. The van der Waals surface area contributed by atoms with Crippen LogP contribution in [0.15, 0.2) is 49.2 Å². The Morgan fingerprint density at radius 1 is 1.28 bits per heavy atom. The van der Waals surface area contributed by atoms with Crippen molar-refractivity contribution in [2.45, 2.75) is 6.54 Å². The van der Waals surface area contributed by atoms with Gasteiger partial charge in [-0.25, -0.2) is 14.6 Å². The van der Waals surface area contributed by atoms with Gasteiger partial charge in [-0.3, -0.25) is 4.79 Å². The number of carbonyl (C=O) groups excluding carboxylic acids is 1. The number of aromatic nitrogens is 4. The van der Waals surface area contributed by atoms with Crippen LogP contribution in [-0.2, 0) is 6.54 Å². The third kappa shape index (κ3) is 2.89. The zero-order chi connectivity index (χ0) is 17.2. The van der Waals surface area contributed by atoms with Crippen molar-refractivity contribution in [2.24, 2.45) is 0 Å². The molecule has 0 aliphatic carbocycles. The van der Waals surface area contributed by atoms with Crippen LogP contribution in [0.2, 0.25) is 0 Å². The summed E-state index contributed by atoms with van der Waals surface area (Å²) in [5.41, 5.74) is 1.41. The van der Waals surface area contributed by atoms with Gasteiger partial charge in [0.05, 0.1) is 5.56 Å². The van der Waals surface area contributed by atoms with Gasteiger partial charge in [0.15, 0.2) is 17.3 Å². The standard InChI is InChI=1S/C17H15N5O3/c1-21(8-12-4-5-14-15(7-12)25-11-24-14)17(23)13-3-2-6-19-16(13)22-10-18-9-20-22/h2-7,9-10H,8,11H2,1H3. The molecular weight excluding hydrogens is 322 g/mol. The lowest BCUT2D eigenvalue weighted by Crippen LogP contribution is -2.27. The van der Waals surface area contributed by atoms with E-state index < -0.39 is 0 Å². The number of hydrogen-bond donors (Lipinski definition) is 0. The molecule has 1 aromatic carbocycles. The molecule has 0 spiro atoms. The van der Waals surface area contributed by atoms with Crippen LogP contribution in [0.1, 0.15) is 15.9 Å². The first-order valence-corrected chi connectivity index (χ1v) is 7.66. The van der Waals surface area contributed by atoms with E-state index in [1.54, 1.807) is 30.3 Å². The van der Waals surface area contributed by atoms with Crippen molar-refractivity contribution >= 4 is 5.91 Å². The molecule has 8 heteroatoms. The molecule has 0 atom stereocenters. The zero-order valence-corrected chi connectivity index (χ0v) is 13.5. The fraction of sp³-hybridized carbons (Fsp3) is 0.176. The number of carbonyl (C=O) groups is 1. The number of pyridine rings is 1. The van der Waals surface area contributed by atoms with Gasteiger partial charge < -0.3 is 14.4 Å². The fourth-order valence-electron chi connectivity index (χ4n) is 2.65. The average molecular weight is 337 g/mol. The van der Waals surface area contributed by atoms with Crippen LogP contribution in [0, 0.1) is 0 Å². The highest BCUT2D eigenvalue weighted by Crippen LogP contribution is 2.32. The van der Waals surface area contributed by atoms with Crippen LogP contribution >= 0.6 is 0 Å². The number of ether oxygens (including phenoxy) is 2. The van der Waals surface area contributed by atoms with Crippen molar-refractivity contribution in [1.29, 1.82) is 0 Å². The summed E-state index contributed by atoms with van der Waals surface area (Å²) in [5.74, 6) is 1.71. The molecule has 2 aromatic heterocycles. The van der Waals surface area contributed by atoms with Gasteiger partial charge in [-0.2, -0.15) is 5.10 Å². The molecule has 0 saturated carbocycles. The smallest absolute Gasteiger partial charge is 0.257 e. The number of rotatable bonds is 4. The van der Waals surface area contributed by atoms with Crippen LogP contribution in [0.5, 0.6) is 11.5 Å². The molecule has 4 rings (SSSR count).